The van der Waals surface area contributed by atoms with E-state index in [0.29, 0.717) is 5.02 Å². The first kappa shape index (κ1) is 20.2. The SMILES string of the molecule is CNCC[C@H](c1cc(F)cc(Cl)c1)N1SN(C(C)C(O)O)c2ccccc21. The van der Waals surface area contributed by atoms with Gasteiger partial charge in [-0.1, -0.05) is 23.7 Å². The minimum Gasteiger partial charge on any atom is -0.366 e. The van der Waals surface area contributed by atoms with E-state index in [2.05, 4.69) is 9.62 Å². The molecule has 0 aromatic heterocycles. The lowest BCUT2D eigenvalue weighted by Crippen LogP contribution is -2.37. The summed E-state index contributed by atoms with van der Waals surface area (Å²) in [6.45, 7) is 2.48. The molecule has 3 N–H and O–H groups in total. The average Bonchev–Trinajstić information content (AvgIpc) is 3.00. The highest BCUT2D eigenvalue weighted by atomic mass is 35.5. The van der Waals surface area contributed by atoms with Crippen LogP contribution in [0.25, 0.3) is 0 Å². The van der Waals surface area contributed by atoms with Crippen molar-refractivity contribution in [2.75, 3.05) is 22.2 Å². The topological polar surface area (TPSA) is 59.0 Å². The monoisotopic (exact) mass is 411 g/mol. The van der Waals surface area contributed by atoms with E-state index in [-0.39, 0.29) is 11.9 Å². The van der Waals surface area contributed by atoms with E-state index in [9.17, 15) is 14.6 Å². The van der Waals surface area contributed by atoms with Crippen LogP contribution in [0.5, 0.6) is 0 Å². The smallest absolute Gasteiger partial charge is 0.173 e. The summed E-state index contributed by atoms with van der Waals surface area (Å²) in [7, 11) is 1.87. The van der Waals surface area contributed by atoms with Crippen molar-refractivity contribution >= 4 is 35.1 Å². The van der Waals surface area contributed by atoms with Gasteiger partial charge in [-0.15, -0.1) is 0 Å². The van der Waals surface area contributed by atoms with Gasteiger partial charge in [0, 0.05) is 5.02 Å². The zero-order chi connectivity index (χ0) is 19.6. The van der Waals surface area contributed by atoms with Crippen molar-refractivity contribution in [3.05, 3.63) is 58.9 Å². The first-order chi connectivity index (χ1) is 12.9. The molecule has 0 saturated heterocycles. The van der Waals surface area contributed by atoms with E-state index in [1.165, 1.54) is 24.3 Å². The zero-order valence-electron chi connectivity index (χ0n) is 15.1. The summed E-state index contributed by atoms with van der Waals surface area (Å²) in [6, 6.07) is 11.7. The Morgan fingerprint density at radius 2 is 1.81 bits per heavy atom. The molecular weight excluding hydrogens is 389 g/mol. The van der Waals surface area contributed by atoms with Gasteiger partial charge in [-0.2, -0.15) is 0 Å². The van der Waals surface area contributed by atoms with Gasteiger partial charge in [0.15, 0.2) is 6.29 Å². The fraction of sp³-hybridized carbons (Fsp3) is 0.368. The van der Waals surface area contributed by atoms with Gasteiger partial charge in [-0.05, 0) is 62.8 Å². The van der Waals surface area contributed by atoms with E-state index in [4.69, 9.17) is 11.6 Å². The lowest BCUT2D eigenvalue weighted by atomic mass is 10.0. The third kappa shape index (κ3) is 4.33. The van der Waals surface area contributed by atoms with Gasteiger partial charge < -0.3 is 15.5 Å². The van der Waals surface area contributed by atoms with Crippen LogP contribution in [-0.2, 0) is 0 Å². The van der Waals surface area contributed by atoms with E-state index in [0.717, 1.165) is 29.9 Å². The molecule has 27 heavy (non-hydrogen) atoms. The van der Waals surface area contributed by atoms with E-state index < -0.39 is 12.3 Å². The Balaban J connectivity index is 2.02. The number of aliphatic hydroxyl groups excluding tert-OH is 1. The number of nitrogens with one attached hydrogen (secondary N) is 1. The van der Waals surface area contributed by atoms with Crippen LogP contribution in [0.1, 0.15) is 24.9 Å². The van der Waals surface area contributed by atoms with Crippen LogP contribution in [0, 0.1) is 5.82 Å². The predicted molar refractivity (Wildman–Crippen MR) is 109 cm³/mol. The summed E-state index contributed by atoms with van der Waals surface area (Å²) < 4.78 is 18.0. The Morgan fingerprint density at radius 3 is 2.41 bits per heavy atom. The standard InChI is InChI=1S/C19H23ClFN3O2S/c1-12(19(25)26)23-17-5-3-4-6-18(17)24(27-23)16(7-8-22-2)13-9-14(20)11-15(21)10-13/h3-6,9-12,16,19,22,25-26H,7-8H2,1-2H3/t12?,16-/m1/s1. The van der Waals surface area contributed by atoms with Crippen molar-refractivity contribution in [2.24, 2.45) is 0 Å². The second kappa shape index (κ2) is 8.67. The van der Waals surface area contributed by atoms with Gasteiger partial charge in [0.25, 0.3) is 0 Å². The Morgan fingerprint density at radius 1 is 1.15 bits per heavy atom. The molecule has 5 nitrogen and oxygen atoms in total. The normalized spacial score (nSPS) is 16.0. The largest absolute Gasteiger partial charge is 0.366 e. The van der Waals surface area contributed by atoms with Gasteiger partial charge >= 0.3 is 0 Å². The number of rotatable bonds is 7. The molecule has 1 heterocycles. The number of halogens is 2. The maximum Gasteiger partial charge on any atom is 0.173 e. The third-order valence-corrected chi connectivity index (χ3v) is 6.10. The van der Waals surface area contributed by atoms with E-state index >= 15 is 0 Å². The van der Waals surface area contributed by atoms with Gasteiger partial charge in [-0.3, -0.25) is 8.61 Å². The van der Waals surface area contributed by atoms with Crippen LogP contribution in [0.15, 0.2) is 42.5 Å². The highest BCUT2D eigenvalue weighted by Gasteiger charge is 2.37. The molecule has 8 heteroatoms. The molecule has 0 radical (unpaired) electrons. The van der Waals surface area contributed by atoms with Gasteiger partial charge in [0.1, 0.15) is 5.82 Å². The molecule has 0 saturated carbocycles. The molecule has 3 rings (SSSR count). The first-order valence-electron chi connectivity index (χ1n) is 8.74. The highest BCUT2D eigenvalue weighted by Crippen LogP contribution is 2.51. The fourth-order valence-electron chi connectivity index (χ4n) is 3.13. The van der Waals surface area contributed by atoms with Crippen molar-refractivity contribution in [2.45, 2.75) is 31.7 Å². The summed E-state index contributed by atoms with van der Waals surface area (Å²) >= 11 is 7.49. The van der Waals surface area contributed by atoms with Crippen LogP contribution in [0.3, 0.4) is 0 Å². The van der Waals surface area contributed by atoms with Crippen molar-refractivity contribution in [1.29, 1.82) is 0 Å². The number of hydrogen-bond donors (Lipinski definition) is 3. The molecular formula is C19H23ClFN3O2S. The summed E-state index contributed by atoms with van der Waals surface area (Å²) in [6.07, 6.45) is -0.758. The quantitative estimate of drug-likeness (QED) is 0.477. The number of nitrogens with zero attached hydrogens (tertiary/aromatic N) is 2. The molecule has 0 aliphatic carbocycles. The van der Waals surface area contributed by atoms with Crippen molar-refractivity contribution < 1.29 is 14.6 Å². The molecule has 1 aliphatic rings. The van der Waals surface area contributed by atoms with Crippen molar-refractivity contribution in [3.8, 4) is 0 Å². The molecule has 2 aromatic rings. The molecule has 2 atom stereocenters. The van der Waals surface area contributed by atoms with Crippen LogP contribution >= 0.6 is 23.7 Å². The lowest BCUT2D eigenvalue weighted by Gasteiger charge is -2.31. The Bertz CT molecular complexity index is 775. The summed E-state index contributed by atoms with van der Waals surface area (Å²) in [5.41, 5.74) is 2.60. The van der Waals surface area contributed by atoms with Crippen LogP contribution in [0.4, 0.5) is 15.8 Å². The second-order valence-corrected chi connectivity index (χ2v) is 7.87. The Hall–Kier alpha value is -1.51. The molecule has 0 spiro atoms. The van der Waals surface area contributed by atoms with Crippen LogP contribution < -0.4 is 13.9 Å². The average molecular weight is 412 g/mol. The Kier molecular flexibility index (Phi) is 6.49. The van der Waals surface area contributed by atoms with Crippen molar-refractivity contribution in [3.63, 3.8) is 0 Å². The van der Waals surface area contributed by atoms with Crippen molar-refractivity contribution in [1.82, 2.24) is 5.32 Å². The van der Waals surface area contributed by atoms with E-state index in [1.54, 1.807) is 13.0 Å². The van der Waals surface area contributed by atoms with Crippen LogP contribution in [-0.4, -0.2) is 36.1 Å². The second-order valence-electron chi connectivity index (χ2n) is 6.49. The zero-order valence-corrected chi connectivity index (χ0v) is 16.7. The Labute approximate surface area is 168 Å². The predicted octanol–water partition coefficient (Wildman–Crippen LogP) is 3.72. The maximum absolute atomic E-state index is 14.0. The molecule has 1 aliphatic heterocycles. The third-order valence-electron chi connectivity index (χ3n) is 4.55. The fourth-order valence-corrected chi connectivity index (χ4v) is 4.63. The van der Waals surface area contributed by atoms with E-state index in [1.807, 2.05) is 35.6 Å². The number of para-hydroxylation sites is 2. The number of hydrogen-bond acceptors (Lipinski definition) is 6. The molecule has 0 fully saturated rings. The highest BCUT2D eigenvalue weighted by molar-refractivity contribution is 8.02. The summed E-state index contributed by atoms with van der Waals surface area (Å²) in [5, 5.41) is 22.8. The molecule has 0 bridgehead atoms. The molecule has 1 unspecified atom stereocenters. The summed E-state index contributed by atoms with van der Waals surface area (Å²) in [4.78, 5) is 0. The lowest BCUT2D eigenvalue weighted by molar-refractivity contribution is -0.0520. The number of anilines is 2. The molecule has 0 amide bonds. The molecule has 146 valence electrons. The van der Waals surface area contributed by atoms with Gasteiger partial charge in [0.05, 0.1) is 35.6 Å². The number of aliphatic hydroxyl groups is 2. The van der Waals surface area contributed by atoms with Gasteiger partial charge in [-0.25, -0.2) is 4.39 Å². The summed E-state index contributed by atoms with van der Waals surface area (Å²) in [5.74, 6) is -0.375. The van der Waals surface area contributed by atoms with Gasteiger partial charge in [0.2, 0.25) is 0 Å². The minimum atomic E-state index is -1.48. The molecule has 2 aromatic carbocycles. The van der Waals surface area contributed by atoms with Crippen LogP contribution in [0.2, 0.25) is 5.02 Å². The maximum atomic E-state index is 14.0. The minimum absolute atomic E-state index is 0.148. The number of benzene rings is 2. The first-order valence-corrected chi connectivity index (χ1v) is 9.85. The number of fused-ring (bicyclic) bond motifs is 1.